The standard InChI is InChI=1S/C16H11BrO2/c17-14-13(11-7-3-1-4-8-11)16(18)19-15(14)12-9-5-2-6-10-12/h1-10,15H. The number of ether oxygens (including phenoxy) is 1. The number of benzene rings is 2. The molecule has 1 atom stereocenters. The van der Waals surface area contributed by atoms with Gasteiger partial charge >= 0.3 is 5.97 Å². The number of hydrogen-bond donors (Lipinski definition) is 0. The minimum absolute atomic E-state index is 0.285. The zero-order valence-electron chi connectivity index (χ0n) is 10.0. The Hall–Kier alpha value is -1.87. The van der Waals surface area contributed by atoms with Crippen molar-refractivity contribution in [2.75, 3.05) is 0 Å². The monoisotopic (exact) mass is 314 g/mol. The summed E-state index contributed by atoms with van der Waals surface area (Å²) >= 11 is 3.52. The van der Waals surface area contributed by atoms with Crippen LogP contribution in [0.3, 0.4) is 0 Å². The van der Waals surface area contributed by atoms with Crippen LogP contribution in [0.5, 0.6) is 0 Å². The second-order valence-electron chi connectivity index (χ2n) is 4.28. The van der Waals surface area contributed by atoms with Crippen molar-refractivity contribution in [3.63, 3.8) is 0 Å². The van der Waals surface area contributed by atoms with Crippen molar-refractivity contribution in [2.24, 2.45) is 0 Å². The van der Waals surface area contributed by atoms with Crippen molar-refractivity contribution in [2.45, 2.75) is 6.10 Å². The third-order valence-corrected chi connectivity index (χ3v) is 3.88. The van der Waals surface area contributed by atoms with E-state index in [1.165, 1.54) is 0 Å². The van der Waals surface area contributed by atoms with Crippen LogP contribution in [0.15, 0.2) is 65.1 Å². The lowest BCUT2D eigenvalue weighted by Crippen LogP contribution is -2.02. The van der Waals surface area contributed by atoms with Gasteiger partial charge in [-0.1, -0.05) is 76.6 Å². The van der Waals surface area contributed by atoms with Gasteiger partial charge in [-0.25, -0.2) is 4.79 Å². The molecule has 0 aromatic heterocycles. The number of cyclic esters (lactones) is 1. The Morgan fingerprint density at radius 2 is 1.47 bits per heavy atom. The predicted octanol–water partition coefficient (Wildman–Crippen LogP) is 4.09. The molecule has 1 heterocycles. The fraction of sp³-hybridized carbons (Fsp3) is 0.0625. The summed E-state index contributed by atoms with van der Waals surface area (Å²) in [6.45, 7) is 0. The van der Waals surface area contributed by atoms with E-state index in [1.54, 1.807) is 0 Å². The molecule has 2 nitrogen and oxygen atoms in total. The molecule has 0 bridgehead atoms. The van der Waals surface area contributed by atoms with E-state index in [9.17, 15) is 4.79 Å². The minimum atomic E-state index is -0.344. The first-order valence-corrected chi connectivity index (χ1v) is 6.77. The molecule has 0 aliphatic carbocycles. The lowest BCUT2D eigenvalue weighted by Gasteiger charge is -2.09. The van der Waals surface area contributed by atoms with Gasteiger partial charge in [-0.3, -0.25) is 0 Å². The Kier molecular flexibility index (Phi) is 3.22. The number of esters is 1. The predicted molar refractivity (Wildman–Crippen MR) is 77.6 cm³/mol. The fourth-order valence-electron chi connectivity index (χ4n) is 2.15. The maximum atomic E-state index is 12.1. The molecule has 94 valence electrons. The van der Waals surface area contributed by atoms with Crippen molar-refractivity contribution >= 4 is 27.5 Å². The smallest absolute Gasteiger partial charge is 0.340 e. The Bertz CT molecular complexity index is 632. The normalized spacial score (nSPS) is 18.6. The lowest BCUT2D eigenvalue weighted by atomic mass is 10.0. The van der Waals surface area contributed by atoms with Crippen LogP contribution in [-0.2, 0) is 9.53 Å². The van der Waals surface area contributed by atoms with Crippen molar-refractivity contribution in [3.05, 3.63) is 76.3 Å². The Morgan fingerprint density at radius 1 is 0.895 bits per heavy atom. The van der Waals surface area contributed by atoms with Crippen LogP contribution >= 0.6 is 15.9 Å². The van der Waals surface area contributed by atoms with Crippen LogP contribution in [0.25, 0.3) is 5.57 Å². The molecule has 1 aliphatic heterocycles. The summed E-state index contributed by atoms with van der Waals surface area (Å²) in [4.78, 5) is 12.1. The van der Waals surface area contributed by atoms with Crippen LogP contribution in [0.1, 0.15) is 17.2 Å². The first kappa shape index (κ1) is 12.2. The molecule has 0 spiro atoms. The molecule has 0 N–H and O–H groups in total. The largest absolute Gasteiger partial charge is 0.448 e. The average Bonchev–Trinajstić information content (AvgIpc) is 2.76. The second-order valence-corrected chi connectivity index (χ2v) is 5.14. The summed E-state index contributed by atoms with van der Waals surface area (Å²) in [5.74, 6) is -0.285. The lowest BCUT2D eigenvalue weighted by molar-refractivity contribution is -0.138. The highest BCUT2D eigenvalue weighted by atomic mass is 79.9. The highest BCUT2D eigenvalue weighted by Crippen LogP contribution is 2.42. The SMILES string of the molecule is O=C1OC(c2ccccc2)C(Br)=C1c1ccccc1. The van der Waals surface area contributed by atoms with Crippen molar-refractivity contribution in [3.8, 4) is 0 Å². The van der Waals surface area contributed by atoms with Crippen molar-refractivity contribution < 1.29 is 9.53 Å². The summed E-state index contributed by atoms with van der Waals surface area (Å²) in [7, 11) is 0. The van der Waals surface area contributed by atoms with Gasteiger partial charge in [0.2, 0.25) is 0 Å². The van der Waals surface area contributed by atoms with Crippen LogP contribution in [0, 0.1) is 0 Å². The zero-order valence-corrected chi connectivity index (χ0v) is 11.6. The van der Waals surface area contributed by atoms with Gasteiger partial charge in [0.25, 0.3) is 0 Å². The van der Waals surface area contributed by atoms with E-state index >= 15 is 0 Å². The van der Waals surface area contributed by atoms with Gasteiger partial charge < -0.3 is 4.74 Å². The summed E-state index contributed by atoms with van der Waals surface area (Å²) in [5.41, 5.74) is 2.45. The van der Waals surface area contributed by atoms with Gasteiger partial charge in [0.1, 0.15) is 0 Å². The molecule has 2 aromatic carbocycles. The topological polar surface area (TPSA) is 26.3 Å². The van der Waals surface area contributed by atoms with Crippen LogP contribution in [-0.4, -0.2) is 5.97 Å². The number of halogens is 1. The Labute approximate surface area is 119 Å². The molecule has 0 fully saturated rings. The Balaban J connectivity index is 2.05. The summed E-state index contributed by atoms with van der Waals surface area (Å²) in [6.07, 6.45) is -0.344. The summed E-state index contributed by atoms with van der Waals surface area (Å²) in [6, 6.07) is 19.3. The van der Waals surface area contributed by atoms with E-state index in [4.69, 9.17) is 4.74 Å². The van der Waals surface area contributed by atoms with E-state index in [1.807, 2.05) is 60.7 Å². The molecular formula is C16H11BrO2. The van der Waals surface area contributed by atoms with Crippen LogP contribution in [0.4, 0.5) is 0 Å². The highest BCUT2D eigenvalue weighted by Gasteiger charge is 2.34. The molecule has 1 aliphatic rings. The van der Waals surface area contributed by atoms with Gasteiger partial charge in [0.15, 0.2) is 6.10 Å². The van der Waals surface area contributed by atoms with E-state index in [0.29, 0.717) is 5.57 Å². The number of carbonyl (C=O) groups excluding carboxylic acids is 1. The number of rotatable bonds is 2. The molecule has 2 aromatic rings. The van der Waals surface area contributed by atoms with Gasteiger partial charge in [-0.2, -0.15) is 0 Å². The first-order chi connectivity index (χ1) is 9.27. The second kappa shape index (κ2) is 5.02. The third-order valence-electron chi connectivity index (χ3n) is 3.06. The zero-order chi connectivity index (χ0) is 13.2. The first-order valence-electron chi connectivity index (χ1n) is 5.98. The molecule has 0 radical (unpaired) electrons. The van der Waals surface area contributed by atoms with Gasteiger partial charge in [-0.05, 0) is 11.1 Å². The van der Waals surface area contributed by atoms with Gasteiger partial charge in [-0.15, -0.1) is 0 Å². The maximum absolute atomic E-state index is 12.1. The van der Waals surface area contributed by atoms with E-state index < -0.39 is 0 Å². The molecule has 0 amide bonds. The third kappa shape index (κ3) is 2.22. The van der Waals surface area contributed by atoms with E-state index in [0.717, 1.165) is 15.6 Å². The average molecular weight is 315 g/mol. The molecule has 1 unspecified atom stereocenters. The van der Waals surface area contributed by atoms with Gasteiger partial charge in [0.05, 0.1) is 10.1 Å². The molecular weight excluding hydrogens is 304 g/mol. The van der Waals surface area contributed by atoms with E-state index in [-0.39, 0.29) is 12.1 Å². The summed E-state index contributed by atoms with van der Waals surface area (Å²) < 4.78 is 6.25. The van der Waals surface area contributed by atoms with Crippen LogP contribution in [0.2, 0.25) is 0 Å². The minimum Gasteiger partial charge on any atom is -0.448 e. The van der Waals surface area contributed by atoms with Crippen LogP contribution < -0.4 is 0 Å². The molecule has 3 rings (SSSR count). The van der Waals surface area contributed by atoms with Crippen molar-refractivity contribution in [1.29, 1.82) is 0 Å². The highest BCUT2D eigenvalue weighted by molar-refractivity contribution is 9.11. The molecule has 0 saturated carbocycles. The fourth-order valence-corrected chi connectivity index (χ4v) is 2.90. The van der Waals surface area contributed by atoms with E-state index in [2.05, 4.69) is 15.9 Å². The van der Waals surface area contributed by atoms with Crippen molar-refractivity contribution in [1.82, 2.24) is 0 Å². The molecule has 19 heavy (non-hydrogen) atoms. The molecule has 3 heteroatoms. The Morgan fingerprint density at radius 3 is 2.11 bits per heavy atom. The molecule has 0 saturated heterocycles. The quantitative estimate of drug-likeness (QED) is 0.780. The number of carbonyl (C=O) groups is 1. The number of hydrogen-bond acceptors (Lipinski definition) is 2. The van der Waals surface area contributed by atoms with Gasteiger partial charge in [0, 0.05) is 0 Å². The maximum Gasteiger partial charge on any atom is 0.340 e. The summed E-state index contributed by atoms with van der Waals surface area (Å²) in [5, 5.41) is 0.